The van der Waals surface area contributed by atoms with Crippen molar-refractivity contribution in [2.75, 3.05) is 19.6 Å². The Morgan fingerprint density at radius 3 is 2.76 bits per heavy atom. The van der Waals surface area contributed by atoms with Crippen molar-refractivity contribution >= 4 is 18.3 Å². The van der Waals surface area contributed by atoms with Gasteiger partial charge in [0, 0.05) is 18.7 Å². The molecule has 0 spiro atoms. The van der Waals surface area contributed by atoms with Gasteiger partial charge in [0.2, 0.25) is 5.91 Å². The van der Waals surface area contributed by atoms with Gasteiger partial charge in [-0.1, -0.05) is 18.2 Å². The van der Waals surface area contributed by atoms with Crippen LogP contribution in [0.5, 0.6) is 5.75 Å². The van der Waals surface area contributed by atoms with Crippen molar-refractivity contribution in [3.05, 3.63) is 29.8 Å². The minimum absolute atomic E-state index is 0. The van der Waals surface area contributed by atoms with Crippen LogP contribution >= 0.6 is 12.4 Å². The number of likely N-dealkylation sites (tertiary alicyclic amines) is 1. The number of nitrogens with two attached hydrogens (primary N) is 1. The monoisotopic (exact) mass is 320 g/mol. The first-order chi connectivity index (χ1) is 9.60. The van der Waals surface area contributed by atoms with E-state index in [2.05, 4.69) is 4.74 Å². The van der Waals surface area contributed by atoms with E-state index < -0.39 is 6.61 Å². The van der Waals surface area contributed by atoms with E-state index in [9.17, 15) is 13.6 Å². The van der Waals surface area contributed by atoms with Crippen LogP contribution in [0.4, 0.5) is 8.78 Å². The van der Waals surface area contributed by atoms with Gasteiger partial charge in [0.1, 0.15) is 5.75 Å². The predicted molar refractivity (Wildman–Crippen MR) is 77.8 cm³/mol. The van der Waals surface area contributed by atoms with Gasteiger partial charge in [0.15, 0.2) is 0 Å². The minimum atomic E-state index is -2.89. The molecule has 1 atom stereocenters. The smallest absolute Gasteiger partial charge is 0.387 e. The number of hydrogen-bond acceptors (Lipinski definition) is 3. The van der Waals surface area contributed by atoms with Gasteiger partial charge in [-0.25, -0.2) is 0 Å². The van der Waals surface area contributed by atoms with E-state index in [-0.39, 0.29) is 30.5 Å². The van der Waals surface area contributed by atoms with Gasteiger partial charge in [-0.3, -0.25) is 4.79 Å². The van der Waals surface area contributed by atoms with E-state index in [4.69, 9.17) is 5.73 Å². The molecule has 1 unspecified atom stereocenters. The number of rotatable bonds is 5. The molecule has 4 nitrogen and oxygen atoms in total. The van der Waals surface area contributed by atoms with Gasteiger partial charge in [-0.15, -0.1) is 12.4 Å². The number of para-hydroxylation sites is 1. The Balaban J connectivity index is 0.00000220. The highest BCUT2D eigenvalue weighted by Gasteiger charge is 2.25. The molecule has 0 radical (unpaired) electrons. The zero-order chi connectivity index (χ0) is 14.5. The zero-order valence-electron chi connectivity index (χ0n) is 11.5. The lowest BCUT2D eigenvalue weighted by Gasteiger charge is -2.17. The van der Waals surface area contributed by atoms with Crippen molar-refractivity contribution in [3.63, 3.8) is 0 Å². The molecule has 1 fully saturated rings. The second kappa shape index (κ2) is 8.14. The third kappa shape index (κ3) is 4.82. The summed E-state index contributed by atoms with van der Waals surface area (Å²) in [7, 11) is 0. The van der Waals surface area contributed by atoms with Gasteiger partial charge in [-0.05, 0) is 24.9 Å². The number of alkyl halides is 2. The molecule has 1 amide bonds. The predicted octanol–water partition coefficient (Wildman–Crippen LogP) is 2.06. The highest BCUT2D eigenvalue weighted by molar-refractivity contribution is 5.85. The van der Waals surface area contributed by atoms with Crippen LogP contribution in [-0.4, -0.2) is 37.1 Å². The van der Waals surface area contributed by atoms with E-state index in [0.717, 1.165) is 6.42 Å². The summed E-state index contributed by atoms with van der Waals surface area (Å²) in [6.45, 7) is -1.000. The SMILES string of the molecule is Cl.NCC1CCN(C(=O)Cc2ccccc2OC(F)F)C1. The van der Waals surface area contributed by atoms with Crippen LogP contribution in [-0.2, 0) is 11.2 Å². The molecule has 1 aliphatic rings. The van der Waals surface area contributed by atoms with Crippen LogP contribution < -0.4 is 10.5 Å². The molecule has 0 saturated carbocycles. The third-order valence-electron chi connectivity index (χ3n) is 3.50. The summed E-state index contributed by atoms with van der Waals surface area (Å²) in [5, 5.41) is 0. The van der Waals surface area contributed by atoms with E-state index >= 15 is 0 Å². The summed E-state index contributed by atoms with van der Waals surface area (Å²) in [6, 6.07) is 6.38. The Kier molecular flexibility index (Phi) is 6.84. The molecule has 0 aliphatic carbocycles. The van der Waals surface area contributed by atoms with Crippen molar-refractivity contribution in [2.45, 2.75) is 19.5 Å². The highest BCUT2D eigenvalue weighted by Crippen LogP contribution is 2.23. The molecule has 1 heterocycles. The van der Waals surface area contributed by atoms with Crippen LogP contribution in [0.2, 0.25) is 0 Å². The third-order valence-corrected chi connectivity index (χ3v) is 3.50. The number of hydrogen-bond donors (Lipinski definition) is 1. The number of nitrogens with zero attached hydrogens (tertiary/aromatic N) is 1. The summed E-state index contributed by atoms with van der Waals surface area (Å²) in [4.78, 5) is 13.9. The Labute approximate surface area is 128 Å². The van der Waals surface area contributed by atoms with E-state index in [1.807, 2.05) is 0 Å². The lowest BCUT2D eigenvalue weighted by molar-refractivity contribution is -0.129. The van der Waals surface area contributed by atoms with Gasteiger partial charge in [0.05, 0.1) is 6.42 Å². The van der Waals surface area contributed by atoms with Crippen LogP contribution in [0.15, 0.2) is 24.3 Å². The Morgan fingerprint density at radius 1 is 1.43 bits per heavy atom. The molecule has 1 aromatic rings. The zero-order valence-corrected chi connectivity index (χ0v) is 12.3. The quantitative estimate of drug-likeness (QED) is 0.903. The fourth-order valence-corrected chi connectivity index (χ4v) is 2.39. The summed E-state index contributed by atoms with van der Waals surface area (Å²) >= 11 is 0. The molecule has 21 heavy (non-hydrogen) atoms. The molecule has 2 N–H and O–H groups in total. The van der Waals surface area contributed by atoms with Crippen molar-refractivity contribution in [3.8, 4) is 5.75 Å². The van der Waals surface area contributed by atoms with E-state index in [0.29, 0.717) is 31.1 Å². The number of carbonyl (C=O) groups is 1. The second-order valence-corrected chi connectivity index (χ2v) is 4.89. The number of benzene rings is 1. The van der Waals surface area contributed by atoms with E-state index in [1.54, 1.807) is 23.1 Å². The molecule has 118 valence electrons. The number of ether oxygens (including phenoxy) is 1. The molecule has 2 rings (SSSR count). The second-order valence-electron chi connectivity index (χ2n) is 4.89. The van der Waals surface area contributed by atoms with Crippen molar-refractivity contribution < 1.29 is 18.3 Å². The maximum absolute atomic E-state index is 12.3. The van der Waals surface area contributed by atoms with Crippen LogP contribution in [0.25, 0.3) is 0 Å². The maximum atomic E-state index is 12.3. The number of carbonyl (C=O) groups excluding carboxylic acids is 1. The van der Waals surface area contributed by atoms with Crippen LogP contribution in [0.3, 0.4) is 0 Å². The maximum Gasteiger partial charge on any atom is 0.387 e. The first kappa shape index (κ1) is 17.7. The average molecular weight is 321 g/mol. The van der Waals surface area contributed by atoms with E-state index in [1.165, 1.54) is 6.07 Å². The average Bonchev–Trinajstić information content (AvgIpc) is 2.89. The van der Waals surface area contributed by atoms with Crippen molar-refractivity contribution in [1.82, 2.24) is 4.90 Å². The Bertz CT molecular complexity index is 474. The summed E-state index contributed by atoms with van der Waals surface area (Å²) in [5.41, 5.74) is 6.07. The molecule has 0 bridgehead atoms. The number of amides is 1. The highest BCUT2D eigenvalue weighted by atomic mass is 35.5. The number of halogens is 3. The standard InChI is InChI=1S/C14H18F2N2O2.ClH/c15-14(16)20-12-4-2-1-3-11(12)7-13(19)18-6-5-10(8-17)9-18;/h1-4,10,14H,5-9,17H2;1H. The summed E-state index contributed by atoms with van der Waals surface area (Å²) in [6.07, 6.45) is 0.970. The Hall–Kier alpha value is -1.40. The molecule has 1 aromatic carbocycles. The van der Waals surface area contributed by atoms with Crippen molar-refractivity contribution in [1.29, 1.82) is 0 Å². The first-order valence-corrected chi connectivity index (χ1v) is 6.60. The molecule has 7 heteroatoms. The molecule has 1 aliphatic heterocycles. The molecular formula is C14H19ClF2N2O2. The van der Waals surface area contributed by atoms with Gasteiger partial charge < -0.3 is 15.4 Å². The fraction of sp³-hybridized carbons (Fsp3) is 0.500. The summed E-state index contributed by atoms with van der Waals surface area (Å²) < 4.78 is 29.0. The van der Waals surface area contributed by atoms with Gasteiger partial charge >= 0.3 is 6.61 Å². The summed E-state index contributed by atoms with van der Waals surface area (Å²) in [5.74, 6) is 0.322. The lowest BCUT2D eigenvalue weighted by atomic mass is 10.1. The van der Waals surface area contributed by atoms with Crippen LogP contribution in [0.1, 0.15) is 12.0 Å². The molecule has 0 aromatic heterocycles. The van der Waals surface area contributed by atoms with Crippen LogP contribution in [0, 0.1) is 5.92 Å². The molecular weight excluding hydrogens is 302 g/mol. The van der Waals surface area contributed by atoms with Gasteiger partial charge in [-0.2, -0.15) is 8.78 Å². The van der Waals surface area contributed by atoms with Crippen molar-refractivity contribution in [2.24, 2.45) is 11.7 Å². The first-order valence-electron chi connectivity index (χ1n) is 6.60. The minimum Gasteiger partial charge on any atom is -0.435 e. The van der Waals surface area contributed by atoms with Gasteiger partial charge in [0.25, 0.3) is 0 Å². The lowest BCUT2D eigenvalue weighted by Crippen LogP contribution is -2.31. The normalized spacial score (nSPS) is 17.7. The largest absolute Gasteiger partial charge is 0.435 e. The molecule has 1 saturated heterocycles. The topological polar surface area (TPSA) is 55.6 Å². The fourth-order valence-electron chi connectivity index (χ4n) is 2.39. The Morgan fingerprint density at radius 2 is 2.14 bits per heavy atom.